The first-order valence-corrected chi connectivity index (χ1v) is 9.98. The minimum absolute atomic E-state index is 0.547. The first-order chi connectivity index (χ1) is 14.2. The number of methoxy groups -OCH3 is 2. The molecule has 0 aliphatic rings. The summed E-state index contributed by atoms with van der Waals surface area (Å²) in [6.45, 7) is 6.78. The number of nitrogens with zero attached hydrogens (tertiary/aromatic N) is 3. The van der Waals surface area contributed by atoms with E-state index in [0.717, 1.165) is 34.1 Å². The predicted molar refractivity (Wildman–Crippen MR) is 117 cm³/mol. The van der Waals surface area contributed by atoms with Crippen LogP contribution in [0.25, 0.3) is 11.3 Å². The highest BCUT2D eigenvalue weighted by Gasteiger charge is 2.13. The van der Waals surface area contributed by atoms with E-state index in [1.165, 1.54) is 11.2 Å². The van der Waals surface area contributed by atoms with Gasteiger partial charge in [0, 0.05) is 34.7 Å². The van der Waals surface area contributed by atoms with Gasteiger partial charge in [-0.3, -0.25) is 4.99 Å². The quantitative estimate of drug-likeness (QED) is 0.388. The zero-order chi connectivity index (χ0) is 20.6. The standard InChI is InChI=1S/C21H24N4O3S/c1-5-17-8-14(21(29-17)24-13-22-2)11-23-12-16-9-19(25-28-16)18-7-6-15(26-3)10-20(18)27-4/h6-10,13,23H,2,5,11-12H2,1,3-4H3. The van der Waals surface area contributed by atoms with Gasteiger partial charge >= 0.3 is 0 Å². The summed E-state index contributed by atoms with van der Waals surface area (Å²) in [5.74, 6) is 2.14. The highest BCUT2D eigenvalue weighted by molar-refractivity contribution is 7.16. The summed E-state index contributed by atoms with van der Waals surface area (Å²) in [7, 11) is 3.24. The second kappa shape index (κ2) is 9.99. The summed E-state index contributed by atoms with van der Waals surface area (Å²) in [5, 5.41) is 8.51. The smallest absolute Gasteiger partial charge is 0.151 e. The summed E-state index contributed by atoms with van der Waals surface area (Å²) >= 11 is 1.67. The maximum atomic E-state index is 5.49. The van der Waals surface area contributed by atoms with E-state index in [-0.39, 0.29) is 0 Å². The largest absolute Gasteiger partial charge is 0.497 e. The number of ether oxygens (including phenoxy) is 2. The fourth-order valence-corrected chi connectivity index (χ4v) is 3.79. The van der Waals surface area contributed by atoms with Gasteiger partial charge in [0.25, 0.3) is 0 Å². The van der Waals surface area contributed by atoms with Crippen molar-refractivity contribution in [3.8, 4) is 22.8 Å². The molecule has 8 heteroatoms. The van der Waals surface area contributed by atoms with E-state index < -0.39 is 0 Å². The van der Waals surface area contributed by atoms with E-state index in [0.29, 0.717) is 24.5 Å². The molecule has 3 aromatic rings. The maximum absolute atomic E-state index is 5.49. The number of rotatable bonds is 10. The monoisotopic (exact) mass is 412 g/mol. The van der Waals surface area contributed by atoms with E-state index in [1.54, 1.807) is 25.6 Å². The van der Waals surface area contributed by atoms with Crippen molar-refractivity contribution < 1.29 is 14.0 Å². The summed E-state index contributed by atoms with van der Waals surface area (Å²) in [5.41, 5.74) is 2.69. The van der Waals surface area contributed by atoms with E-state index in [4.69, 9.17) is 14.0 Å². The summed E-state index contributed by atoms with van der Waals surface area (Å²) < 4.78 is 16.2. The molecule has 0 amide bonds. The third kappa shape index (κ3) is 5.10. The zero-order valence-corrected chi connectivity index (χ0v) is 17.6. The van der Waals surface area contributed by atoms with E-state index >= 15 is 0 Å². The van der Waals surface area contributed by atoms with E-state index in [2.05, 4.69) is 40.2 Å². The highest BCUT2D eigenvalue weighted by Crippen LogP contribution is 2.33. The lowest BCUT2D eigenvalue weighted by Gasteiger charge is -2.07. The molecular weight excluding hydrogens is 388 g/mol. The van der Waals surface area contributed by atoms with Crippen LogP contribution in [-0.4, -0.2) is 32.4 Å². The molecule has 2 aromatic heterocycles. The van der Waals surface area contributed by atoms with Crippen LogP contribution in [0.15, 0.2) is 44.8 Å². The van der Waals surface area contributed by atoms with Crippen LogP contribution in [0, 0.1) is 0 Å². The van der Waals surface area contributed by atoms with Crippen LogP contribution in [-0.2, 0) is 19.5 Å². The highest BCUT2D eigenvalue weighted by atomic mass is 32.1. The third-order valence-electron chi connectivity index (χ3n) is 4.30. The lowest BCUT2D eigenvalue weighted by molar-refractivity contribution is 0.373. The molecule has 152 valence electrons. The van der Waals surface area contributed by atoms with Gasteiger partial charge in [-0.25, -0.2) is 4.99 Å². The molecular formula is C21H24N4O3S. The number of aromatic nitrogens is 1. The first kappa shape index (κ1) is 20.8. The van der Waals surface area contributed by atoms with Gasteiger partial charge in [0.2, 0.25) is 0 Å². The van der Waals surface area contributed by atoms with Gasteiger partial charge in [-0.2, -0.15) is 0 Å². The molecule has 0 spiro atoms. The fourth-order valence-electron chi connectivity index (χ4n) is 2.83. The van der Waals surface area contributed by atoms with Crippen LogP contribution >= 0.6 is 11.3 Å². The van der Waals surface area contributed by atoms with Crippen molar-refractivity contribution in [1.29, 1.82) is 0 Å². The molecule has 0 radical (unpaired) electrons. The van der Waals surface area contributed by atoms with Crippen molar-refractivity contribution >= 4 is 29.4 Å². The SMILES string of the molecule is C=NC=Nc1sc(CC)cc1CNCc1cc(-c2ccc(OC)cc2OC)no1. The molecule has 29 heavy (non-hydrogen) atoms. The average molecular weight is 413 g/mol. The van der Waals surface area contributed by atoms with Crippen molar-refractivity contribution in [2.75, 3.05) is 14.2 Å². The van der Waals surface area contributed by atoms with Crippen LogP contribution in [0.3, 0.4) is 0 Å². The Morgan fingerprint density at radius 3 is 2.79 bits per heavy atom. The summed E-state index contributed by atoms with van der Waals surface area (Å²) in [6, 6.07) is 9.67. The Morgan fingerprint density at radius 1 is 1.21 bits per heavy atom. The average Bonchev–Trinajstić information content (AvgIpc) is 3.38. The molecule has 0 saturated carbocycles. The molecule has 0 aliphatic heterocycles. The van der Waals surface area contributed by atoms with Crippen molar-refractivity contribution in [3.63, 3.8) is 0 Å². The van der Waals surface area contributed by atoms with Gasteiger partial charge in [0.15, 0.2) is 5.76 Å². The number of benzene rings is 1. The normalized spacial score (nSPS) is 11.1. The minimum atomic E-state index is 0.547. The second-order valence-electron chi connectivity index (χ2n) is 6.17. The van der Waals surface area contributed by atoms with Crippen molar-refractivity contribution in [3.05, 3.63) is 46.5 Å². The molecule has 0 atom stereocenters. The van der Waals surface area contributed by atoms with Gasteiger partial charge in [-0.1, -0.05) is 12.1 Å². The van der Waals surface area contributed by atoms with Gasteiger partial charge in [-0.05, 0) is 31.3 Å². The Kier molecular flexibility index (Phi) is 7.15. The Morgan fingerprint density at radius 2 is 2.07 bits per heavy atom. The summed E-state index contributed by atoms with van der Waals surface area (Å²) in [4.78, 5) is 9.34. The molecule has 0 saturated heterocycles. The van der Waals surface area contributed by atoms with Gasteiger partial charge < -0.3 is 19.3 Å². The number of thiophene rings is 1. The first-order valence-electron chi connectivity index (χ1n) is 9.17. The van der Waals surface area contributed by atoms with Crippen LogP contribution < -0.4 is 14.8 Å². The predicted octanol–water partition coefficient (Wildman–Crippen LogP) is 4.63. The summed E-state index contributed by atoms with van der Waals surface area (Å²) in [6.07, 6.45) is 2.45. The lowest BCUT2D eigenvalue weighted by atomic mass is 10.1. The fraction of sp³-hybridized carbons (Fsp3) is 0.286. The third-order valence-corrected chi connectivity index (χ3v) is 5.53. The van der Waals surface area contributed by atoms with E-state index in [9.17, 15) is 0 Å². The molecule has 7 nitrogen and oxygen atoms in total. The number of hydrogen-bond donors (Lipinski definition) is 1. The maximum Gasteiger partial charge on any atom is 0.151 e. The lowest BCUT2D eigenvalue weighted by Crippen LogP contribution is -2.11. The van der Waals surface area contributed by atoms with Gasteiger partial charge in [0.05, 0.1) is 20.8 Å². The Balaban J connectivity index is 1.67. The van der Waals surface area contributed by atoms with Crippen LogP contribution in [0.4, 0.5) is 5.00 Å². The number of aryl methyl sites for hydroxylation is 1. The van der Waals surface area contributed by atoms with Crippen LogP contribution in [0.5, 0.6) is 11.5 Å². The van der Waals surface area contributed by atoms with Gasteiger partial charge in [0.1, 0.15) is 28.5 Å². The topological polar surface area (TPSA) is 81.2 Å². The molecule has 3 rings (SSSR count). The van der Waals surface area contributed by atoms with Crippen molar-refractivity contribution in [2.45, 2.75) is 26.4 Å². The minimum Gasteiger partial charge on any atom is -0.497 e. The van der Waals surface area contributed by atoms with Crippen molar-refractivity contribution in [2.24, 2.45) is 9.98 Å². The van der Waals surface area contributed by atoms with E-state index in [1.807, 2.05) is 24.3 Å². The molecule has 0 bridgehead atoms. The molecule has 0 unspecified atom stereocenters. The van der Waals surface area contributed by atoms with Crippen LogP contribution in [0.2, 0.25) is 0 Å². The Bertz CT molecular complexity index is 994. The van der Waals surface area contributed by atoms with Crippen molar-refractivity contribution in [1.82, 2.24) is 10.5 Å². The number of aliphatic imine (C=N–C) groups is 2. The molecule has 2 heterocycles. The number of nitrogens with one attached hydrogen (secondary N) is 1. The molecule has 1 aromatic carbocycles. The van der Waals surface area contributed by atoms with Gasteiger partial charge in [-0.15, -0.1) is 11.3 Å². The van der Waals surface area contributed by atoms with Crippen LogP contribution in [0.1, 0.15) is 23.1 Å². The second-order valence-corrected chi connectivity index (χ2v) is 7.29. The number of hydrogen-bond acceptors (Lipinski definition) is 7. The zero-order valence-electron chi connectivity index (χ0n) is 16.8. The molecule has 0 fully saturated rings. The Labute approximate surface area is 174 Å². The molecule has 1 N–H and O–H groups in total. The Hall–Kier alpha value is -2.97. The molecule has 0 aliphatic carbocycles.